The van der Waals surface area contributed by atoms with Gasteiger partial charge in [0.05, 0.1) is 27.5 Å². The number of benzene rings is 3. The van der Waals surface area contributed by atoms with E-state index >= 15 is 0 Å². The van der Waals surface area contributed by atoms with Crippen molar-refractivity contribution in [3.8, 4) is 5.75 Å². The van der Waals surface area contributed by atoms with E-state index in [4.69, 9.17) is 14.7 Å². The molecule has 1 fully saturated rings. The lowest BCUT2D eigenvalue weighted by Gasteiger charge is -2.23. The summed E-state index contributed by atoms with van der Waals surface area (Å²) >= 11 is 1.33. The molecule has 8 nitrogen and oxygen atoms in total. The Morgan fingerprint density at radius 3 is 2.55 bits per heavy atom. The van der Waals surface area contributed by atoms with Crippen LogP contribution in [0.3, 0.4) is 0 Å². The number of Topliss-reactive ketones (excluding diaryl/α,β-unsaturated/α-hetero) is 1. The minimum Gasteiger partial charge on any atom is -0.505 e. The minimum atomic E-state index is -0.956. The number of aliphatic hydroxyl groups excluding tert-OH is 1. The van der Waals surface area contributed by atoms with Gasteiger partial charge in [-0.2, -0.15) is 0 Å². The zero-order valence-corrected chi connectivity index (χ0v) is 25.1. The monoisotopic (exact) mass is 600 g/mol. The van der Waals surface area contributed by atoms with E-state index in [-0.39, 0.29) is 17.0 Å². The number of ether oxygens (including phenoxy) is 1. The SMILES string of the molecule is Cc1ccc2nc(N3C(=O)C(=O)C(=C(O)c4nc5c(C)cccn5c4C)C3c3cccc(OCc4ccccc4)c3)sc2c1. The largest absolute Gasteiger partial charge is 0.505 e. The van der Waals surface area contributed by atoms with Crippen LogP contribution in [0.4, 0.5) is 5.13 Å². The number of carbonyl (C=O) groups is 2. The Bertz CT molecular complexity index is 2130. The van der Waals surface area contributed by atoms with Crippen molar-refractivity contribution in [1.82, 2.24) is 14.4 Å². The van der Waals surface area contributed by atoms with Gasteiger partial charge in [0, 0.05) is 6.20 Å². The number of carbonyl (C=O) groups excluding carboxylic acids is 2. The fraction of sp³-hybridized carbons (Fsp3) is 0.143. The van der Waals surface area contributed by atoms with Crippen LogP contribution in [0.25, 0.3) is 21.6 Å². The Kier molecular flexibility index (Phi) is 6.74. The average molecular weight is 601 g/mol. The van der Waals surface area contributed by atoms with Crippen LogP contribution in [0.1, 0.15) is 39.7 Å². The quantitative estimate of drug-likeness (QED) is 0.125. The number of ketones is 1. The third-order valence-corrected chi connectivity index (χ3v) is 8.93. The van der Waals surface area contributed by atoms with E-state index in [2.05, 4.69) is 0 Å². The number of aryl methyl sites for hydroxylation is 3. The second-order valence-electron chi connectivity index (χ2n) is 10.9. The Morgan fingerprint density at radius 2 is 1.75 bits per heavy atom. The lowest BCUT2D eigenvalue weighted by atomic mass is 9.96. The fourth-order valence-corrected chi connectivity index (χ4v) is 6.75. The van der Waals surface area contributed by atoms with E-state index in [0.717, 1.165) is 26.9 Å². The highest BCUT2D eigenvalue weighted by molar-refractivity contribution is 7.22. The van der Waals surface area contributed by atoms with Crippen LogP contribution < -0.4 is 9.64 Å². The predicted molar refractivity (Wildman–Crippen MR) is 171 cm³/mol. The Hall–Kier alpha value is -5.28. The normalized spacial score (nSPS) is 16.3. The summed E-state index contributed by atoms with van der Waals surface area (Å²) in [5.74, 6) is -1.33. The van der Waals surface area contributed by atoms with Gasteiger partial charge in [-0.3, -0.25) is 14.5 Å². The molecule has 1 N–H and O–H groups in total. The molecular formula is C35H28N4O4S. The van der Waals surface area contributed by atoms with Crippen molar-refractivity contribution >= 4 is 49.8 Å². The van der Waals surface area contributed by atoms with E-state index in [9.17, 15) is 14.7 Å². The number of thiazole rings is 1. The Balaban J connectivity index is 1.39. The molecule has 44 heavy (non-hydrogen) atoms. The molecule has 9 heteroatoms. The van der Waals surface area contributed by atoms with Crippen molar-refractivity contribution in [1.29, 1.82) is 0 Å². The van der Waals surface area contributed by atoms with E-state index in [1.54, 1.807) is 6.07 Å². The molecule has 0 aliphatic carbocycles. The molecular weight excluding hydrogens is 572 g/mol. The van der Waals surface area contributed by atoms with Crippen LogP contribution in [0.15, 0.2) is 96.7 Å². The maximum Gasteiger partial charge on any atom is 0.301 e. The van der Waals surface area contributed by atoms with Crippen LogP contribution in [-0.4, -0.2) is 31.2 Å². The first-order chi connectivity index (χ1) is 21.3. The summed E-state index contributed by atoms with van der Waals surface area (Å²) in [5, 5.41) is 12.2. The molecule has 1 aliphatic heterocycles. The summed E-state index contributed by atoms with van der Waals surface area (Å²) in [4.78, 5) is 38.5. The standard InChI is InChI=1S/C35H28N4O4S/c1-20-14-15-26-27(17-20)44-35(36-26)39-30(24-12-7-13-25(18-24)43-19-23-10-5-4-6-11-23)28(32(41)34(39)42)31(40)29-22(3)38-16-8-9-21(2)33(38)37-29/h4-18,30,40H,19H2,1-3H3. The molecule has 0 bridgehead atoms. The van der Waals surface area contributed by atoms with Crippen molar-refractivity contribution in [2.75, 3.05) is 4.90 Å². The van der Waals surface area contributed by atoms with Gasteiger partial charge in [-0.1, -0.05) is 65.9 Å². The maximum atomic E-state index is 13.8. The van der Waals surface area contributed by atoms with Crippen LogP contribution in [0.2, 0.25) is 0 Å². The summed E-state index contributed by atoms with van der Waals surface area (Å²) in [7, 11) is 0. The fourth-order valence-electron chi connectivity index (χ4n) is 5.66. The molecule has 0 radical (unpaired) electrons. The molecule has 7 rings (SSSR count). The third kappa shape index (κ3) is 4.62. The topological polar surface area (TPSA) is 97.0 Å². The summed E-state index contributed by atoms with van der Waals surface area (Å²) in [6, 6.07) is 25.8. The van der Waals surface area contributed by atoms with Crippen LogP contribution >= 0.6 is 11.3 Å². The highest BCUT2D eigenvalue weighted by atomic mass is 32.1. The molecule has 1 aliphatic rings. The molecule has 1 amide bonds. The smallest absolute Gasteiger partial charge is 0.301 e. The lowest BCUT2D eigenvalue weighted by Crippen LogP contribution is -2.29. The Morgan fingerprint density at radius 1 is 0.932 bits per heavy atom. The number of imidazole rings is 1. The summed E-state index contributed by atoms with van der Waals surface area (Å²) < 4.78 is 8.87. The molecule has 4 heterocycles. The molecule has 3 aromatic heterocycles. The number of nitrogens with zero attached hydrogens (tertiary/aromatic N) is 4. The van der Waals surface area contributed by atoms with Gasteiger partial charge in [0.1, 0.15) is 23.7 Å². The number of fused-ring (bicyclic) bond motifs is 2. The lowest BCUT2D eigenvalue weighted by molar-refractivity contribution is -0.132. The highest BCUT2D eigenvalue weighted by Crippen LogP contribution is 2.45. The number of amides is 1. The molecule has 0 spiro atoms. The van der Waals surface area contributed by atoms with Gasteiger partial charge in [0.15, 0.2) is 10.9 Å². The number of pyridine rings is 1. The molecule has 0 saturated carbocycles. The molecule has 1 atom stereocenters. The zero-order valence-electron chi connectivity index (χ0n) is 24.3. The average Bonchev–Trinajstić information content (AvgIpc) is 3.68. The number of hydrogen-bond acceptors (Lipinski definition) is 7. The van der Waals surface area contributed by atoms with Gasteiger partial charge in [-0.25, -0.2) is 9.97 Å². The first-order valence-corrected chi connectivity index (χ1v) is 15.0. The molecule has 218 valence electrons. The van der Waals surface area contributed by atoms with E-state index in [1.165, 1.54) is 16.2 Å². The number of aliphatic hydroxyl groups is 1. The molecule has 1 unspecified atom stereocenters. The Labute approximate surface area is 257 Å². The van der Waals surface area contributed by atoms with Crippen LogP contribution in [0.5, 0.6) is 5.75 Å². The van der Waals surface area contributed by atoms with E-state index in [1.807, 2.05) is 110 Å². The summed E-state index contributed by atoms with van der Waals surface area (Å²) in [6.07, 6.45) is 1.86. The van der Waals surface area contributed by atoms with Gasteiger partial charge in [-0.05, 0) is 73.4 Å². The van der Waals surface area contributed by atoms with Gasteiger partial charge in [-0.15, -0.1) is 0 Å². The number of rotatable bonds is 6. The predicted octanol–water partition coefficient (Wildman–Crippen LogP) is 7.07. The second kappa shape index (κ2) is 10.8. The van der Waals surface area contributed by atoms with Crippen molar-refractivity contribution in [3.05, 3.63) is 130 Å². The zero-order chi connectivity index (χ0) is 30.5. The van der Waals surface area contributed by atoms with Crippen LogP contribution in [0, 0.1) is 20.8 Å². The van der Waals surface area contributed by atoms with E-state index < -0.39 is 17.7 Å². The van der Waals surface area contributed by atoms with Crippen molar-refractivity contribution < 1.29 is 19.4 Å². The first kappa shape index (κ1) is 27.5. The van der Waals surface area contributed by atoms with Gasteiger partial charge >= 0.3 is 5.91 Å². The van der Waals surface area contributed by atoms with Crippen molar-refractivity contribution in [2.45, 2.75) is 33.4 Å². The maximum absolute atomic E-state index is 13.8. The van der Waals surface area contributed by atoms with Gasteiger partial charge in [0.25, 0.3) is 5.78 Å². The molecule has 3 aromatic carbocycles. The third-order valence-electron chi connectivity index (χ3n) is 7.91. The number of hydrogen-bond donors (Lipinski definition) is 1. The summed E-state index contributed by atoms with van der Waals surface area (Å²) in [5.41, 5.74) is 5.83. The van der Waals surface area contributed by atoms with Crippen molar-refractivity contribution in [2.24, 2.45) is 0 Å². The van der Waals surface area contributed by atoms with Crippen molar-refractivity contribution in [3.63, 3.8) is 0 Å². The number of aromatic nitrogens is 3. The second-order valence-corrected chi connectivity index (χ2v) is 11.9. The first-order valence-electron chi connectivity index (χ1n) is 14.2. The molecule has 6 aromatic rings. The molecule has 1 saturated heterocycles. The number of anilines is 1. The van der Waals surface area contributed by atoms with E-state index in [0.29, 0.717) is 34.4 Å². The van der Waals surface area contributed by atoms with Crippen LogP contribution in [-0.2, 0) is 16.2 Å². The minimum absolute atomic E-state index is 0.0465. The summed E-state index contributed by atoms with van der Waals surface area (Å²) in [6.45, 7) is 6.10. The highest BCUT2D eigenvalue weighted by Gasteiger charge is 2.48. The van der Waals surface area contributed by atoms with Gasteiger partial charge < -0.3 is 14.2 Å². The van der Waals surface area contributed by atoms with Gasteiger partial charge in [0.2, 0.25) is 0 Å².